The van der Waals surface area contributed by atoms with Crippen LogP contribution in [0.5, 0.6) is 0 Å². The molecule has 0 aliphatic rings. The van der Waals surface area contributed by atoms with Crippen molar-refractivity contribution in [2.75, 3.05) is 18.4 Å². The molecule has 0 saturated carbocycles. The highest BCUT2D eigenvalue weighted by Gasteiger charge is 2.11. The van der Waals surface area contributed by atoms with Crippen molar-refractivity contribution < 1.29 is 4.79 Å². The number of H-pyrrole nitrogens is 1. The number of carbonyl (C=O) groups is 1. The van der Waals surface area contributed by atoms with Crippen molar-refractivity contribution in [2.45, 2.75) is 33.1 Å². The van der Waals surface area contributed by atoms with Crippen molar-refractivity contribution >= 4 is 22.5 Å². The van der Waals surface area contributed by atoms with Gasteiger partial charge in [-0.05, 0) is 48.6 Å². The summed E-state index contributed by atoms with van der Waals surface area (Å²) in [6, 6.07) is 14.4. The molecule has 0 unspecified atom stereocenters. The van der Waals surface area contributed by atoms with Crippen LogP contribution in [-0.4, -0.2) is 24.0 Å². The third kappa shape index (κ3) is 4.14. The third-order valence-corrected chi connectivity index (χ3v) is 4.72. The molecule has 3 N–H and O–H groups in total. The molecule has 1 heterocycles. The van der Waals surface area contributed by atoms with E-state index in [4.69, 9.17) is 0 Å². The van der Waals surface area contributed by atoms with E-state index in [0.717, 1.165) is 29.7 Å². The number of nitrogens with one attached hydrogen (secondary N) is 3. The van der Waals surface area contributed by atoms with Gasteiger partial charge in [-0.1, -0.05) is 50.2 Å². The Morgan fingerprint density at radius 3 is 2.73 bits per heavy atom. The SMILES string of the molecule is Cc1cccc(C(C)C)c1NC(=O)CNCCc1c[nH]c2ccccc12. The first kappa shape index (κ1) is 18.2. The lowest BCUT2D eigenvalue weighted by molar-refractivity contribution is -0.115. The molecule has 0 aliphatic carbocycles. The van der Waals surface area contributed by atoms with Crippen LogP contribution in [0.2, 0.25) is 0 Å². The molecule has 4 heteroatoms. The maximum Gasteiger partial charge on any atom is 0.238 e. The fourth-order valence-corrected chi connectivity index (χ4v) is 3.29. The Balaban J connectivity index is 1.52. The minimum absolute atomic E-state index is 0.000117. The Kier molecular flexibility index (Phi) is 5.74. The summed E-state index contributed by atoms with van der Waals surface area (Å²) >= 11 is 0. The van der Waals surface area contributed by atoms with Crippen LogP contribution in [0.1, 0.15) is 36.5 Å². The van der Waals surface area contributed by atoms with E-state index < -0.39 is 0 Å². The van der Waals surface area contributed by atoms with Gasteiger partial charge in [-0.15, -0.1) is 0 Å². The Labute approximate surface area is 155 Å². The lowest BCUT2D eigenvalue weighted by atomic mass is 9.98. The number of anilines is 1. The fraction of sp³-hybridized carbons (Fsp3) is 0.318. The number of aryl methyl sites for hydroxylation is 1. The minimum atomic E-state index is 0.000117. The zero-order valence-electron chi connectivity index (χ0n) is 15.7. The summed E-state index contributed by atoms with van der Waals surface area (Å²) in [5.41, 5.74) is 5.65. The Bertz CT molecular complexity index is 895. The van der Waals surface area contributed by atoms with Crippen molar-refractivity contribution in [1.29, 1.82) is 0 Å². The number of fused-ring (bicyclic) bond motifs is 1. The third-order valence-electron chi connectivity index (χ3n) is 4.72. The van der Waals surface area contributed by atoms with Gasteiger partial charge in [-0.25, -0.2) is 0 Å². The van der Waals surface area contributed by atoms with Gasteiger partial charge in [0.2, 0.25) is 5.91 Å². The van der Waals surface area contributed by atoms with Gasteiger partial charge < -0.3 is 15.6 Å². The van der Waals surface area contributed by atoms with Crippen molar-refractivity contribution in [2.24, 2.45) is 0 Å². The lowest BCUT2D eigenvalue weighted by Gasteiger charge is -2.16. The first-order valence-corrected chi connectivity index (χ1v) is 9.21. The second-order valence-corrected chi connectivity index (χ2v) is 7.03. The molecule has 1 aromatic heterocycles. The fourth-order valence-electron chi connectivity index (χ4n) is 3.29. The van der Waals surface area contributed by atoms with Crippen LogP contribution < -0.4 is 10.6 Å². The Morgan fingerprint density at radius 1 is 1.12 bits per heavy atom. The molecule has 0 atom stereocenters. The van der Waals surface area contributed by atoms with E-state index in [-0.39, 0.29) is 5.91 Å². The smallest absolute Gasteiger partial charge is 0.238 e. The highest BCUT2D eigenvalue weighted by molar-refractivity contribution is 5.94. The molecule has 4 nitrogen and oxygen atoms in total. The molecular formula is C22H27N3O. The summed E-state index contributed by atoms with van der Waals surface area (Å²) in [5, 5.41) is 7.58. The standard InChI is InChI=1S/C22H27N3O/c1-15(2)18-9-6-7-16(3)22(18)25-21(26)14-23-12-11-17-13-24-20-10-5-4-8-19(17)20/h4-10,13,15,23-24H,11-12,14H2,1-3H3,(H,25,26). The number of para-hydroxylation sites is 2. The summed E-state index contributed by atoms with van der Waals surface area (Å²) in [6.45, 7) is 7.40. The zero-order chi connectivity index (χ0) is 18.5. The van der Waals surface area contributed by atoms with Crippen molar-refractivity contribution in [3.05, 3.63) is 65.4 Å². The van der Waals surface area contributed by atoms with E-state index in [9.17, 15) is 4.79 Å². The maximum absolute atomic E-state index is 12.3. The van der Waals surface area contributed by atoms with E-state index in [1.54, 1.807) is 0 Å². The lowest BCUT2D eigenvalue weighted by Crippen LogP contribution is -2.30. The van der Waals surface area contributed by atoms with Crippen LogP contribution >= 0.6 is 0 Å². The predicted molar refractivity (Wildman–Crippen MR) is 109 cm³/mol. The van der Waals surface area contributed by atoms with Gasteiger partial charge in [0.15, 0.2) is 0 Å². The van der Waals surface area contributed by atoms with E-state index in [1.807, 2.05) is 25.1 Å². The minimum Gasteiger partial charge on any atom is -0.361 e. The number of amides is 1. The Hall–Kier alpha value is -2.59. The van der Waals surface area contributed by atoms with Gasteiger partial charge in [0.25, 0.3) is 0 Å². The van der Waals surface area contributed by atoms with Crippen LogP contribution in [0.4, 0.5) is 5.69 Å². The van der Waals surface area contributed by atoms with Gasteiger partial charge >= 0.3 is 0 Å². The van der Waals surface area contributed by atoms with Crippen LogP contribution in [0.3, 0.4) is 0 Å². The van der Waals surface area contributed by atoms with Crippen LogP contribution in [0.15, 0.2) is 48.7 Å². The molecule has 0 fully saturated rings. The van der Waals surface area contributed by atoms with Crippen molar-refractivity contribution in [3.63, 3.8) is 0 Å². The summed E-state index contributed by atoms with van der Waals surface area (Å²) < 4.78 is 0. The molecule has 26 heavy (non-hydrogen) atoms. The monoisotopic (exact) mass is 349 g/mol. The molecular weight excluding hydrogens is 322 g/mol. The van der Waals surface area contributed by atoms with Gasteiger partial charge in [0, 0.05) is 22.8 Å². The number of hydrogen-bond donors (Lipinski definition) is 3. The summed E-state index contributed by atoms with van der Waals surface area (Å²) in [7, 11) is 0. The first-order chi connectivity index (χ1) is 12.6. The largest absolute Gasteiger partial charge is 0.361 e. The van der Waals surface area contributed by atoms with Gasteiger partial charge in [-0.3, -0.25) is 4.79 Å². The van der Waals surface area contributed by atoms with Gasteiger partial charge in [0.05, 0.1) is 6.54 Å². The molecule has 136 valence electrons. The van der Waals surface area contributed by atoms with Gasteiger partial charge in [0.1, 0.15) is 0 Å². The molecule has 3 aromatic rings. The quantitative estimate of drug-likeness (QED) is 0.555. The van der Waals surface area contributed by atoms with E-state index >= 15 is 0 Å². The molecule has 1 amide bonds. The topological polar surface area (TPSA) is 56.9 Å². The summed E-state index contributed by atoms with van der Waals surface area (Å²) in [5.74, 6) is 0.375. The van der Waals surface area contributed by atoms with Gasteiger partial charge in [-0.2, -0.15) is 0 Å². The molecule has 2 aromatic carbocycles. The van der Waals surface area contributed by atoms with E-state index in [0.29, 0.717) is 12.5 Å². The average Bonchev–Trinajstić information content (AvgIpc) is 3.03. The zero-order valence-corrected chi connectivity index (χ0v) is 15.7. The van der Waals surface area contributed by atoms with Crippen LogP contribution in [0.25, 0.3) is 10.9 Å². The number of aromatic nitrogens is 1. The predicted octanol–water partition coefficient (Wildman–Crippen LogP) is 4.37. The highest BCUT2D eigenvalue weighted by Crippen LogP contribution is 2.27. The highest BCUT2D eigenvalue weighted by atomic mass is 16.1. The van der Waals surface area contributed by atoms with Crippen molar-refractivity contribution in [3.8, 4) is 0 Å². The molecule has 0 aliphatic heterocycles. The number of aromatic amines is 1. The second kappa shape index (κ2) is 8.19. The van der Waals surface area contributed by atoms with E-state index in [1.165, 1.54) is 16.5 Å². The second-order valence-electron chi connectivity index (χ2n) is 7.03. The van der Waals surface area contributed by atoms with E-state index in [2.05, 4.69) is 59.9 Å². The Morgan fingerprint density at radius 2 is 1.92 bits per heavy atom. The molecule has 0 bridgehead atoms. The summed E-state index contributed by atoms with van der Waals surface area (Å²) in [4.78, 5) is 15.6. The summed E-state index contributed by atoms with van der Waals surface area (Å²) in [6.07, 6.45) is 2.94. The maximum atomic E-state index is 12.3. The number of hydrogen-bond acceptors (Lipinski definition) is 2. The number of rotatable bonds is 7. The number of benzene rings is 2. The molecule has 0 saturated heterocycles. The average molecular weight is 349 g/mol. The van der Waals surface area contributed by atoms with Crippen LogP contribution in [-0.2, 0) is 11.2 Å². The number of carbonyl (C=O) groups excluding carboxylic acids is 1. The molecule has 0 radical (unpaired) electrons. The molecule has 3 rings (SSSR count). The van der Waals surface area contributed by atoms with Crippen LogP contribution in [0, 0.1) is 6.92 Å². The first-order valence-electron chi connectivity index (χ1n) is 9.21. The van der Waals surface area contributed by atoms with Crippen molar-refractivity contribution in [1.82, 2.24) is 10.3 Å². The normalized spacial score (nSPS) is 11.2. The molecule has 0 spiro atoms.